The average Bonchev–Trinajstić information content (AvgIpc) is 3.06. The summed E-state index contributed by atoms with van der Waals surface area (Å²) in [7, 11) is 0. The molecule has 2 aromatic rings. The van der Waals surface area contributed by atoms with Gasteiger partial charge >= 0.3 is 5.97 Å². The second kappa shape index (κ2) is 8.33. The first kappa shape index (κ1) is 17.0. The number of esters is 1. The minimum absolute atomic E-state index is 0.218. The molecule has 0 atom stereocenters. The molecule has 1 saturated carbocycles. The number of hydrogen-bond donors (Lipinski definition) is 0. The highest BCUT2D eigenvalue weighted by Gasteiger charge is 2.24. The summed E-state index contributed by atoms with van der Waals surface area (Å²) in [6.07, 6.45) is 6.12. The predicted molar refractivity (Wildman–Crippen MR) is 94.5 cm³/mol. The van der Waals surface area contributed by atoms with Crippen LogP contribution in [-0.2, 0) is 9.53 Å². The van der Waals surface area contributed by atoms with Crippen molar-refractivity contribution in [2.75, 3.05) is 12.4 Å². The van der Waals surface area contributed by atoms with Gasteiger partial charge in [-0.1, -0.05) is 49.2 Å². The molecule has 1 aromatic heterocycles. The van der Waals surface area contributed by atoms with Crippen LogP contribution in [0.25, 0.3) is 5.69 Å². The maximum absolute atomic E-state index is 11.7. The summed E-state index contributed by atoms with van der Waals surface area (Å²) >= 11 is 1.39. The van der Waals surface area contributed by atoms with Gasteiger partial charge < -0.3 is 4.74 Å². The Bertz CT molecular complexity index is 666. The molecule has 1 aromatic carbocycles. The van der Waals surface area contributed by atoms with E-state index in [4.69, 9.17) is 4.74 Å². The van der Waals surface area contributed by atoms with Gasteiger partial charge in [-0.25, -0.2) is 0 Å². The Morgan fingerprint density at radius 3 is 2.67 bits per heavy atom. The zero-order chi connectivity index (χ0) is 16.8. The van der Waals surface area contributed by atoms with Crippen molar-refractivity contribution in [2.24, 2.45) is 0 Å². The van der Waals surface area contributed by atoms with Crippen LogP contribution in [-0.4, -0.2) is 33.1 Å². The number of para-hydroxylation sites is 1. The number of thioether (sulfide) groups is 1. The third-order valence-corrected chi connectivity index (χ3v) is 5.17. The molecular formula is C18H23N3O2S. The maximum Gasteiger partial charge on any atom is 0.316 e. The summed E-state index contributed by atoms with van der Waals surface area (Å²) in [5.41, 5.74) is 1.05. The lowest BCUT2D eigenvalue weighted by atomic mass is 9.88. The van der Waals surface area contributed by atoms with E-state index in [1.165, 1.54) is 31.0 Å². The van der Waals surface area contributed by atoms with Crippen LogP contribution >= 0.6 is 11.8 Å². The summed E-state index contributed by atoms with van der Waals surface area (Å²) in [5, 5.41) is 9.61. The third-order valence-electron chi connectivity index (χ3n) is 4.27. The number of ether oxygens (including phenoxy) is 1. The Hall–Kier alpha value is -1.82. The lowest BCUT2D eigenvalue weighted by Crippen LogP contribution is -2.12. The number of hydrogen-bond acceptors (Lipinski definition) is 5. The van der Waals surface area contributed by atoms with Crippen LogP contribution in [0.1, 0.15) is 50.8 Å². The molecule has 0 saturated heterocycles. The summed E-state index contributed by atoms with van der Waals surface area (Å²) in [5.74, 6) is 1.50. The monoisotopic (exact) mass is 345 g/mol. The smallest absolute Gasteiger partial charge is 0.316 e. The van der Waals surface area contributed by atoms with Crippen LogP contribution < -0.4 is 0 Å². The Balaban J connectivity index is 1.88. The average molecular weight is 345 g/mol. The van der Waals surface area contributed by atoms with Crippen molar-refractivity contribution in [3.05, 3.63) is 36.2 Å². The summed E-state index contributed by atoms with van der Waals surface area (Å²) in [6.45, 7) is 2.22. The first-order valence-corrected chi connectivity index (χ1v) is 9.57. The van der Waals surface area contributed by atoms with Crippen LogP contribution in [0.2, 0.25) is 0 Å². The normalized spacial score (nSPS) is 15.4. The van der Waals surface area contributed by atoms with Crippen molar-refractivity contribution in [3.8, 4) is 5.69 Å². The molecule has 128 valence electrons. The molecule has 0 bridgehead atoms. The standard InChI is InChI=1S/C18H23N3O2S/c1-2-23-16(22)13-24-18-20-19-17(14-9-5-3-6-10-14)21(18)15-11-7-4-8-12-15/h4,7-8,11-12,14H,2-3,5-6,9-10,13H2,1H3. The van der Waals surface area contributed by atoms with E-state index in [2.05, 4.69) is 26.9 Å². The summed E-state index contributed by atoms with van der Waals surface area (Å²) in [4.78, 5) is 11.7. The lowest BCUT2D eigenvalue weighted by molar-refractivity contribution is -0.139. The van der Waals surface area contributed by atoms with Crippen LogP contribution in [0.15, 0.2) is 35.5 Å². The van der Waals surface area contributed by atoms with Gasteiger partial charge in [0.25, 0.3) is 0 Å². The fraction of sp³-hybridized carbons (Fsp3) is 0.500. The van der Waals surface area contributed by atoms with E-state index in [0.717, 1.165) is 29.5 Å². The molecule has 0 spiro atoms. The quantitative estimate of drug-likeness (QED) is 0.586. The van der Waals surface area contributed by atoms with Crippen molar-refractivity contribution in [1.82, 2.24) is 14.8 Å². The van der Waals surface area contributed by atoms with Crippen molar-refractivity contribution < 1.29 is 9.53 Å². The Labute approximate surface area is 146 Å². The number of carbonyl (C=O) groups is 1. The molecular weight excluding hydrogens is 322 g/mol. The topological polar surface area (TPSA) is 57.0 Å². The third kappa shape index (κ3) is 3.98. The van der Waals surface area contributed by atoms with E-state index in [-0.39, 0.29) is 11.7 Å². The molecule has 0 radical (unpaired) electrons. The molecule has 0 N–H and O–H groups in total. The van der Waals surface area contributed by atoms with E-state index in [9.17, 15) is 4.79 Å². The molecule has 0 aliphatic heterocycles. The van der Waals surface area contributed by atoms with Crippen LogP contribution in [0.5, 0.6) is 0 Å². The summed E-state index contributed by atoms with van der Waals surface area (Å²) in [6, 6.07) is 10.1. The first-order valence-electron chi connectivity index (χ1n) is 8.58. The number of rotatable bonds is 6. The van der Waals surface area contributed by atoms with Crippen molar-refractivity contribution in [2.45, 2.75) is 50.1 Å². The molecule has 1 aliphatic carbocycles. The largest absolute Gasteiger partial charge is 0.465 e. The molecule has 1 aliphatic rings. The SMILES string of the molecule is CCOC(=O)CSc1nnc(C2CCCCC2)n1-c1ccccc1. The number of carbonyl (C=O) groups excluding carboxylic acids is 1. The Morgan fingerprint density at radius 1 is 1.21 bits per heavy atom. The Morgan fingerprint density at radius 2 is 1.96 bits per heavy atom. The van der Waals surface area contributed by atoms with Crippen LogP contribution in [0, 0.1) is 0 Å². The van der Waals surface area contributed by atoms with Gasteiger partial charge in [0.2, 0.25) is 0 Å². The molecule has 0 amide bonds. The van der Waals surface area contributed by atoms with E-state index < -0.39 is 0 Å². The van der Waals surface area contributed by atoms with Gasteiger partial charge in [0.1, 0.15) is 5.82 Å². The highest BCUT2D eigenvalue weighted by atomic mass is 32.2. The van der Waals surface area contributed by atoms with Crippen molar-refractivity contribution >= 4 is 17.7 Å². The second-order valence-corrected chi connectivity index (χ2v) is 6.88. The first-order chi connectivity index (χ1) is 11.8. The second-order valence-electron chi connectivity index (χ2n) is 5.94. The zero-order valence-corrected chi connectivity index (χ0v) is 14.8. The van der Waals surface area contributed by atoms with Gasteiger partial charge in [-0.3, -0.25) is 9.36 Å². The van der Waals surface area contributed by atoms with E-state index >= 15 is 0 Å². The van der Waals surface area contributed by atoms with Gasteiger partial charge in [0, 0.05) is 11.6 Å². The number of aromatic nitrogens is 3. The fourth-order valence-electron chi connectivity index (χ4n) is 3.15. The predicted octanol–water partition coefficient (Wildman–Crippen LogP) is 3.97. The van der Waals surface area contributed by atoms with Crippen molar-refractivity contribution in [3.63, 3.8) is 0 Å². The Kier molecular flexibility index (Phi) is 5.91. The summed E-state index contributed by atoms with van der Waals surface area (Å²) < 4.78 is 7.13. The van der Waals surface area contributed by atoms with Crippen LogP contribution in [0.4, 0.5) is 0 Å². The van der Waals surface area contributed by atoms with Crippen LogP contribution in [0.3, 0.4) is 0 Å². The van der Waals surface area contributed by atoms with Gasteiger partial charge in [0.15, 0.2) is 5.16 Å². The minimum Gasteiger partial charge on any atom is -0.465 e. The maximum atomic E-state index is 11.7. The molecule has 1 heterocycles. The van der Waals surface area contributed by atoms with E-state index in [1.54, 1.807) is 0 Å². The van der Waals surface area contributed by atoms with E-state index in [1.807, 2.05) is 25.1 Å². The highest BCUT2D eigenvalue weighted by molar-refractivity contribution is 7.99. The minimum atomic E-state index is -0.218. The lowest BCUT2D eigenvalue weighted by Gasteiger charge is -2.22. The highest BCUT2D eigenvalue weighted by Crippen LogP contribution is 2.34. The molecule has 24 heavy (non-hydrogen) atoms. The molecule has 0 unspecified atom stereocenters. The molecule has 1 fully saturated rings. The van der Waals surface area contributed by atoms with E-state index in [0.29, 0.717) is 12.5 Å². The fourth-order valence-corrected chi connectivity index (χ4v) is 3.90. The van der Waals surface area contributed by atoms with Gasteiger partial charge in [-0.2, -0.15) is 0 Å². The van der Waals surface area contributed by atoms with Gasteiger partial charge in [0.05, 0.1) is 12.4 Å². The number of benzene rings is 1. The molecule has 6 heteroatoms. The zero-order valence-electron chi connectivity index (χ0n) is 14.0. The van der Waals surface area contributed by atoms with Gasteiger partial charge in [-0.15, -0.1) is 10.2 Å². The van der Waals surface area contributed by atoms with Gasteiger partial charge in [-0.05, 0) is 31.9 Å². The number of nitrogens with zero attached hydrogens (tertiary/aromatic N) is 3. The molecule has 3 rings (SSSR count). The molecule has 5 nitrogen and oxygen atoms in total. The van der Waals surface area contributed by atoms with Crippen molar-refractivity contribution in [1.29, 1.82) is 0 Å².